The van der Waals surface area contributed by atoms with Gasteiger partial charge in [-0.2, -0.15) is 0 Å². The number of amides is 2. The van der Waals surface area contributed by atoms with Crippen LogP contribution in [0.2, 0.25) is 5.02 Å². The summed E-state index contributed by atoms with van der Waals surface area (Å²) in [7, 11) is 0. The summed E-state index contributed by atoms with van der Waals surface area (Å²) in [5.41, 5.74) is 1.70. The number of carbonyl (C=O) groups is 1. The lowest BCUT2D eigenvalue weighted by Gasteiger charge is -2.10. The molecule has 0 aromatic heterocycles. The molecule has 3 nitrogen and oxygen atoms in total. The Morgan fingerprint density at radius 2 is 2.12 bits per heavy atom. The van der Waals surface area contributed by atoms with Crippen LogP contribution in [0.3, 0.4) is 0 Å². The Kier molecular flexibility index (Phi) is 4.62. The van der Waals surface area contributed by atoms with Gasteiger partial charge in [0.2, 0.25) is 0 Å². The van der Waals surface area contributed by atoms with Gasteiger partial charge in [0.05, 0.1) is 0 Å². The molecule has 0 aliphatic rings. The van der Waals surface area contributed by atoms with Crippen LogP contribution in [0.1, 0.15) is 19.4 Å². The number of hydrogen-bond donors (Lipinski definition) is 2. The standard InChI is InChI=1S/C12H17ClN2O/c1-8(2)7-14-12(16)15-10-5-4-9(3)11(13)6-10/h4-6,8H,7H2,1-3H3,(H2,14,15,16). The van der Waals surface area contributed by atoms with Crippen molar-refractivity contribution in [1.82, 2.24) is 5.32 Å². The first-order valence-corrected chi connectivity index (χ1v) is 5.68. The summed E-state index contributed by atoms with van der Waals surface area (Å²) < 4.78 is 0. The van der Waals surface area contributed by atoms with E-state index in [-0.39, 0.29) is 6.03 Å². The monoisotopic (exact) mass is 240 g/mol. The molecule has 2 amide bonds. The van der Waals surface area contributed by atoms with E-state index in [0.717, 1.165) is 5.56 Å². The molecule has 1 rings (SSSR count). The highest BCUT2D eigenvalue weighted by atomic mass is 35.5. The molecule has 0 fully saturated rings. The van der Waals surface area contributed by atoms with Crippen LogP contribution in [-0.4, -0.2) is 12.6 Å². The van der Waals surface area contributed by atoms with Crippen LogP contribution in [0.25, 0.3) is 0 Å². The molecule has 88 valence electrons. The van der Waals surface area contributed by atoms with Crippen LogP contribution < -0.4 is 10.6 Å². The molecule has 0 saturated heterocycles. The molecule has 0 saturated carbocycles. The molecule has 2 N–H and O–H groups in total. The second-order valence-corrected chi connectivity index (χ2v) is 4.60. The van der Waals surface area contributed by atoms with Crippen molar-refractivity contribution in [2.75, 3.05) is 11.9 Å². The zero-order chi connectivity index (χ0) is 12.1. The lowest BCUT2D eigenvalue weighted by Crippen LogP contribution is -2.31. The average molecular weight is 241 g/mol. The Hall–Kier alpha value is -1.22. The summed E-state index contributed by atoms with van der Waals surface area (Å²) >= 11 is 5.95. The number of aryl methyl sites for hydroxylation is 1. The van der Waals surface area contributed by atoms with Crippen molar-refractivity contribution < 1.29 is 4.79 Å². The van der Waals surface area contributed by atoms with Gasteiger partial charge in [0.1, 0.15) is 0 Å². The quantitative estimate of drug-likeness (QED) is 0.835. The molecule has 16 heavy (non-hydrogen) atoms. The summed E-state index contributed by atoms with van der Waals surface area (Å²) in [4.78, 5) is 11.4. The van der Waals surface area contributed by atoms with Gasteiger partial charge >= 0.3 is 6.03 Å². The third kappa shape index (κ3) is 4.11. The first-order chi connectivity index (χ1) is 7.49. The summed E-state index contributed by atoms with van der Waals surface area (Å²) in [5.74, 6) is 0.437. The zero-order valence-electron chi connectivity index (χ0n) is 9.80. The third-order valence-electron chi connectivity index (χ3n) is 2.10. The maximum Gasteiger partial charge on any atom is 0.319 e. The topological polar surface area (TPSA) is 41.1 Å². The maximum atomic E-state index is 11.4. The van der Waals surface area contributed by atoms with Crippen LogP contribution >= 0.6 is 11.6 Å². The van der Waals surface area contributed by atoms with E-state index in [0.29, 0.717) is 23.2 Å². The number of carbonyl (C=O) groups excluding carboxylic acids is 1. The van der Waals surface area contributed by atoms with Crippen LogP contribution in [0.5, 0.6) is 0 Å². The number of hydrogen-bond acceptors (Lipinski definition) is 1. The van der Waals surface area contributed by atoms with Gasteiger partial charge in [0.25, 0.3) is 0 Å². The van der Waals surface area contributed by atoms with Gasteiger partial charge < -0.3 is 10.6 Å². The first-order valence-electron chi connectivity index (χ1n) is 5.30. The average Bonchev–Trinajstić information content (AvgIpc) is 2.21. The zero-order valence-corrected chi connectivity index (χ0v) is 10.6. The minimum absolute atomic E-state index is 0.200. The van der Waals surface area contributed by atoms with Crippen molar-refractivity contribution in [3.8, 4) is 0 Å². The number of rotatable bonds is 3. The van der Waals surface area contributed by atoms with Gasteiger partial charge in [-0.3, -0.25) is 0 Å². The van der Waals surface area contributed by atoms with Crippen LogP contribution in [-0.2, 0) is 0 Å². The van der Waals surface area contributed by atoms with E-state index in [1.54, 1.807) is 6.07 Å². The molecule has 0 radical (unpaired) electrons. The van der Waals surface area contributed by atoms with E-state index >= 15 is 0 Å². The second kappa shape index (κ2) is 5.75. The van der Waals surface area contributed by atoms with E-state index < -0.39 is 0 Å². The largest absolute Gasteiger partial charge is 0.338 e. The van der Waals surface area contributed by atoms with E-state index in [2.05, 4.69) is 10.6 Å². The fourth-order valence-corrected chi connectivity index (χ4v) is 1.32. The summed E-state index contributed by atoms with van der Waals surface area (Å²) in [6.45, 7) is 6.67. The van der Waals surface area contributed by atoms with E-state index in [4.69, 9.17) is 11.6 Å². The number of benzene rings is 1. The van der Waals surface area contributed by atoms with Gasteiger partial charge in [-0.15, -0.1) is 0 Å². The fraction of sp³-hybridized carbons (Fsp3) is 0.417. The fourth-order valence-electron chi connectivity index (χ4n) is 1.14. The molecule has 4 heteroatoms. The molecular formula is C12H17ClN2O. The van der Waals surface area contributed by atoms with Crippen LogP contribution in [0.15, 0.2) is 18.2 Å². The Morgan fingerprint density at radius 3 is 2.69 bits per heavy atom. The summed E-state index contributed by atoms with van der Waals surface area (Å²) in [5, 5.41) is 6.16. The highest BCUT2D eigenvalue weighted by Crippen LogP contribution is 2.19. The molecule has 0 aliphatic heterocycles. The smallest absolute Gasteiger partial charge is 0.319 e. The molecule has 1 aromatic rings. The molecular weight excluding hydrogens is 224 g/mol. The van der Waals surface area contributed by atoms with Gasteiger partial charge in [-0.1, -0.05) is 31.5 Å². The Balaban J connectivity index is 2.53. The minimum atomic E-state index is -0.200. The third-order valence-corrected chi connectivity index (χ3v) is 2.51. The van der Waals surface area contributed by atoms with Gasteiger partial charge in [-0.05, 0) is 30.5 Å². The van der Waals surface area contributed by atoms with Crippen molar-refractivity contribution in [3.63, 3.8) is 0 Å². The first kappa shape index (κ1) is 12.8. The highest BCUT2D eigenvalue weighted by Gasteiger charge is 2.03. The van der Waals surface area contributed by atoms with Gasteiger partial charge in [0, 0.05) is 17.3 Å². The van der Waals surface area contributed by atoms with E-state index in [1.165, 1.54) is 0 Å². The number of halogens is 1. The normalized spacial score (nSPS) is 10.3. The molecule has 0 heterocycles. The van der Waals surface area contributed by atoms with E-state index in [9.17, 15) is 4.79 Å². The Labute approximate surface area is 101 Å². The Morgan fingerprint density at radius 1 is 1.44 bits per heavy atom. The van der Waals surface area contributed by atoms with Gasteiger partial charge in [0.15, 0.2) is 0 Å². The number of anilines is 1. The van der Waals surface area contributed by atoms with Crippen molar-refractivity contribution in [2.45, 2.75) is 20.8 Å². The molecule has 0 aliphatic carbocycles. The molecule has 0 bridgehead atoms. The molecule has 0 atom stereocenters. The SMILES string of the molecule is Cc1ccc(NC(=O)NCC(C)C)cc1Cl. The van der Waals surface area contributed by atoms with Crippen LogP contribution in [0, 0.1) is 12.8 Å². The highest BCUT2D eigenvalue weighted by molar-refractivity contribution is 6.31. The molecule has 1 aromatic carbocycles. The molecule has 0 unspecified atom stereocenters. The summed E-state index contributed by atoms with van der Waals surface area (Å²) in [6, 6.07) is 5.25. The predicted octanol–water partition coefficient (Wildman–Crippen LogP) is 3.43. The predicted molar refractivity (Wildman–Crippen MR) is 68.0 cm³/mol. The Bertz CT molecular complexity index is 377. The number of urea groups is 1. The van der Waals surface area contributed by atoms with Crippen molar-refractivity contribution in [2.24, 2.45) is 5.92 Å². The number of nitrogens with one attached hydrogen (secondary N) is 2. The minimum Gasteiger partial charge on any atom is -0.338 e. The van der Waals surface area contributed by atoms with E-state index in [1.807, 2.05) is 32.9 Å². The second-order valence-electron chi connectivity index (χ2n) is 4.19. The lowest BCUT2D eigenvalue weighted by molar-refractivity contribution is 0.251. The maximum absolute atomic E-state index is 11.4. The lowest BCUT2D eigenvalue weighted by atomic mass is 10.2. The van der Waals surface area contributed by atoms with Crippen molar-refractivity contribution >= 4 is 23.3 Å². The molecule has 0 spiro atoms. The van der Waals surface area contributed by atoms with Gasteiger partial charge in [-0.25, -0.2) is 4.79 Å². The van der Waals surface area contributed by atoms with Crippen molar-refractivity contribution in [1.29, 1.82) is 0 Å². The van der Waals surface area contributed by atoms with Crippen LogP contribution in [0.4, 0.5) is 10.5 Å². The summed E-state index contributed by atoms with van der Waals surface area (Å²) in [6.07, 6.45) is 0. The van der Waals surface area contributed by atoms with Crippen molar-refractivity contribution in [3.05, 3.63) is 28.8 Å².